The second kappa shape index (κ2) is 6.46. The Morgan fingerprint density at radius 3 is 2.85 bits per heavy atom. The van der Waals surface area contributed by atoms with Gasteiger partial charge in [0.2, 0.25) is 0 Å². The van der Waals surface area contributed by atoms with Crippen LogP contribution in [0.25, 0.3) is 10.2 Å². The van der Waals surface area contributed by atoms with Gasteiger partial charge in [0.05, 0.1) is 10.3 Å². The summed E-state index contributed by atoms with van der Waals surface area (Å²) < 4.78 is 1.82. The van der Waals surface area contributed by atoms with Crippen molar-refractivity contribution in [2.75, 3.05) is 19.6 Å². The number of carbonyl (C=O) groups excluding carboxylic acids is 1. The predicted octanol–water partition coefficient (Wildman–Crippen LogP) is 2.30. The highest BCUT2D eigenvalue weighted by Crippen LogP contribution is 2.33. The van der Waals surface area contributed by atoms with Crippen molar-refractivity contribution in [3.05, 3.63) is 26.6 Å². The van der Waals surface area contributed by atoms with Gasteiger partial charge < -0.3 is 10.6 Å². The summed E-state index contributed by atoms with van der Waals surface area (Å²) >= 11 is 1.37. The van der Waals surface area contributed by atoms with Crippen molar-refractivity contribution >= 4 is 27.5 Å². The Morgan fingerprint density at radius 1 is 1.31 bits per heavy atom. The van der Waals surface area contributed by atoms with Crippen LogP contribution in [0.15, 0.2) is 4.79 Å². The third-order valence-corrected chi connectivity index (χ3v) is 7.12. The van der Waals surface area contributed by atoms with Gasteiger partial charge >= 0.3 is 0 Å². The average molecular weight is 375 g/mol. The normalized spacial score (nSPS) is 23.3. The minimum absolute atomic E-state index is 0.00458. The first-order chi connectivity index (χ1) is 12.4. The summed E-state index contributed by atoms with van der Waals surface area (Å²) in [7, 11) is 0. The van der Waals surface area contributed by atoms with Crippen LogP contribution in [0.1, 0.15) is 53.7 Å². The van der Waals surface area contributed by atoms with Crippen molar-refractivity contribution in [1.29, 1.82) is 0 Å². The molecule has 2 N–H and O–H groups in total. The summed E-state index contributed by atoms with van der Waals surface area (Å²) in [6, 6.07) is 0. The highest BCUT2D eigenvalue weighted by molar-refractivity contribution is 7.20. The Balaban J connectivity index is 1.76. The highest BCUT2D eigenvalue weighted by Gasteiger charge is 2.36. The molecule has 6 nitrogen and oxygen atoms in total. The van der Waals surface area contributed by atoms with Crippen LogP contribution in [0.5, 0.6) is 0 Å². The van der Waals surface area contributed by atoms with Crippen molar-refractivity contribution in [1.82, 2.24) is 14.5 Å². The lowest BCUT2D eigenvalue weighted by Gasteiger charge is -2.22. The lowest BCUT2D eigenvalue weighted by molar-refractivity contribution is 0.0781. The molecule has 4 rings (SSSR count). The first-order valence-electron chi connectivity index (χ1n) is 9.46. The summed E-state index contributed by atoms with van der Waals surface area (Å²) in [4.78, 5) is 34.1. The molecule has 0 aromatic carbocycles. The van der Waals surface area contributed by atoms with Gasteiger partial charge in [-0.1, -0.05) is 13.3 Å². The summed E-state index contributed by atoms with van der Waals surface area (Å²) in [6.45, 7) is 6.73. The van der Waals surface area contributed by atoms with E-state index in [4.69, 9.17) is 10.7 Å². The molecule has 2 aromatic heterocycles. The van der Waals surface area contributed by atoms with Gasteiger partial charge in [-0.3, -0.25) is 14.2 Å². The zero-order chi connectivity index (χ0) is 18.5. The van der Waals surface area contributed by atoms with Gasteiger partial charge in [-0.25, -0.2) is 4.98 Å². The van der Waals surface area contributed by atoms with Crippen LogP contribution >= 0.6 is 11.3 Å². The molecule has 7 heteroatoms. The maximum atomic E-state index is 13.1. The number of likely N-dealkylation sites (tertiary alicyclic amines) is 1. The Labute approximate surface area is 157 Å². The van der Waals surface area contributed by atoms with E-state index in [0.29, 0.717) is 28.2 Å². The molecule has 0 saturated carbocycles. The number of amides is 1. The van der Waals surface area contributed by atoms with Gasteiger partial charge in [-0.2, -0.15) is 0 Å². The molecule has 26 heavy (non-hydrogen) atoms. The number of nitrogens with two attached hydrogens (primary N) is 1. The standard InChI is InChI=1S/C19H26N4O2S/c1-12-14-16(21-13-6-4-3-5-8-23(13)17(14)24)26-15(12)18(25)22-9-7-19(2,10-20)11-22/h3-11,20H2,1-2H3. The number of nitrogens with zero attached hydrogens (tertiary/aromatic N) is 3. The van der Waals surface area contributed by atoms with Gasteiger partial charge in [-0.05, 0) is 43.7 Å². The lowest BCUT2D eigenvalue weighted by atomic mass is 9.90. The fraction of sp³-hybridized carbons (Fsp3) is 0.632. The molecule has 2 aliphatic rings. The van der Waals surface area contributed by atoms with E-state index < -0.39 is 0 Å². The van der Waals surface area contributed by atoms with E-state index in [0.717, 1.165) is 56.6 Å². The quantitative estimate of drug-likeness (QED) is 0.875. The van der Waals surface area contributed by atoms with Crippen LogP contribution in [-0.4, -0.2) is 40.0 Å². The van der Waals surface area contributed by atoms with Crippen molar-refractivity contribution in [2.24, 2.45) is 11.1 Å². The van der Waals surface area contributed by atoms with E-state index in [1.165, 1.54) is 11.3 Å². The molecule has 0 spiro atoms. The van der Waals surface area contributed by atoms with Gasteiger partial charge in [0.25, 0.3) is 11.5 Å². The van der Waals surface area contributed by atoms with E-state index in [1.807, 2.05) is 16.4 Å². The average Bonchev–Trinajstić information content (AvgIpc) is 3.07. The molecule has 1 fully saturated rings. The summed E-state index contributed by atoms with van der Waals surface area (Å²) in [5.74, 6) is 0.888. The molecular formula is C19H26N4O2S. The molecule has 1 atom stereocenters. The van der Waals surface area contributed by atoms with Crippen molar-refractivity contribution in [3.8, 4) is 0 Å². The second-order valence-electron chi connectivity index (χ2n) is 8.02. The smallest absolute Gasteiger partial charge is 0.264 e. The molecule has 4 heterocycles. The predicted molar refractivity (Wildman–Crippen MR) is 104 cm³/mol. The van der Waals surface area contributed by atoms with E-state index in [-0.39, 0.29) is 16.9 Å². The van der Waals surface area contributed by atoms with Crippen LogP contribution in [0.3, 0.4) is 0 Å². The van der Waals surface area contributed by atoms with Crippen molar-refractivity contribution in [2.45, 2.75) is 52.5 Å². The molecular weight excluding hydrogens is 348 g/mol. The van der Waals surface area contributed by atoms with Gasteiger partial charge in [0.15, 0.2) is 0 Å². The van der Waals surface area contributed by atoms with Crippen LogP contribution in [0.2, 0.25) is 0 Å². The second-order valence-corrected chi connectivity index (χ2v) is 9.02. The van der Waals surface area contributed by atoms with Gasteiger partial charge in [0, 0.05) is 26.1 Å². The minimum atomic E-state index is -0.00458. The zero-order valence-corrected chi connectivity index (χ0v) is 16.3. The monoisotopic (exact) mass is 374 g/mol. The number of aryl methyl sites for hydroxylation is 2. The number of thiophene rings is 1. The largest absolute Gasteiger partial charge is 0.337 e. The number of aromatic nitrogens is 2. The lowest BCUT2D eigenvalue weighted by Crippen LogP contribution is -2.34. The zero-order valence-electron chi connectivity index (χ0n) is 15.5. The highest BCUT2D eigenvalue weighted by atomic mass is 32.1. The number of carbonyl (C=O) groups is 1. The Hall–Kier alpha value is -1.73. The van der Waals surface area contributed by atoms with Crippen LogP contribution in [0.4, 0.5) is 0 Å². The molecule has 0 aliphatic carbocycles. The fourth-order valence-corrected chi connectivity index (χ4v) is 5.28. The van der Waals surface area contributed by atoms with Crippen molar-refractivity contribution in [3.63, 3.8) is 0 Å². The molecule has 140 valence electrons. The van der Waals surface area contributed by atoms with E-state index in [2.05, 4.69) is 6.92 Å². The summed E-state index contributed by atoms with van der Waals surface area (Å²) in [5.41, 5.74) is 6.68. The van der Waals surface area contributed by atoms with Crippen LogP contribution in [-0.2, 0) is 13.0 Å². The number of rotatable bonds is 2. The summed E-state index contributed by atoms with van der Waals surface area (Å²) in [6.07, 6.45) is 4.98. The Morgan fingerprint density at radius 2 is 2.12 bits per heavy atom. The van der Waals surface area contributed by atoms with Crippen molar-refractivity contribution < 1.29 is 4.79 Å². The number of fused-ring (bicyclic) bond motifs is 2. The molecule has 2 aromatic rings. The molecule has 1 unspecified atom stereocenters. The maximum Gasteiger partial charge on any atom is 0.264 e. The van der Waals surface area contributed by atoms with E-state index in [1.54, 1.807) is 0 Å². The Kier molecular flexibility index (Phi) is 4.39. The Bertz CT molecular complexity index is 932. The molecule has 1 saturated heterocycles. The molecule has 1 amide bonds. The third kappa shape index (κ3) is 2.77. The molecule has 0 bridgehead atoms. The van der Waals surface area contributed by atoms with Gasteiger partial charge in [0.1, 0.15) is 10.7 Å². The SMILES string of the molecule is Cc1c(C(=O)N2CCC(C)(CN)C2)sc2nc3n(c(=O)c12)CCCCC3. The van der Waals surface area contributed by atoms with E-state index >= 15 is 0 Å². The minimum Gasteiger partial charge on any atom is -0.337 e. The van der Waals surface area contributed by atoms with Gasteiger partial charge in [-0.15, -0.1) is 11.3 Å². The maximum absolute atomic E-state index is 13.1. The molecule has 2 aliphatic heterocycles. The van der Waals surface area contributed by atoms with Crippen LogP contribution < -0.4 is 11.3 Å². The summed E-state index contributed by atoms with van der Waals surface area (Å²) in [5, 5.41) is 0.629. The first kappa shape index (κ1) is 17.7. The van der Waals surface area contributed by atoms with E-state index in [9.17, 15) is 9.59 Å². The first-order valence-corrected chi connectivity index (χ1v) is 10.3. The number of hydrogen-bond donors (Lipinski definition) is 1. The third-order valence-electron chi connectivity index (χ3n) is 5.94. The fourth-order valence-electron chi connectivity index (χ4n) is 4.12. The van der Waals surface area contributed by atoms with Crippen LogP contribution in [0, 0.1) is 12.3 Å². The topological polar surface area (TPSA) is 81.2 Å². The number of hydrogen-bond acceptors (Lipinski definition) is 5. The molecule has 0 radical (unpaired) electrons.